The molecule has 2 N–H and O–H groups in total. The van der Waals surface area contributed by atoms with Crippen LogP contribution in [0, 0.1) is 5.92 Å². The van der Waals surface area contributed by atoms with Crippen LogP contribution in [-0.2, 0) is 6.54 Å². The van der Waals surface area contributed by atoms with Crippen molar-refractivity contribution in [1.29, 1.82) is 0 Å². The normalized spacial score (nSPS) is 25.6. The maximum atomic E-state index is 5.52. The average Bonchev–Trinajstić information content (AvgIpc) is 2.30. The molecule has 1 aromatic rings. The number of nitrogens with two attached hydrogens (primary N) is 1. The van der Waals surface area contributed by atoms with Crippen LogP contribution in [0.1, 0.15) is 38.2 Å². The van der Waals surface area contributed by atoms with Crippen LogP contribution in [-0.4, -0.2) is 15.2 Å². The second-order valence-corrected chi connectivity index (χ2v) is 5.86. The fourth-order valence-electron chi connectivity index (χ4n) is 2.14. The van der Waals surface area contributed by atoms with Crippen LogP contribution < -0.4 is 5.73 Å². The molecule has 0 spiro atoms. The molecule has 1 fully saturated rings. The van der Waals surface area contributed by atoms with Gasteiger partial charge in [-0.15, -0.1) is 0 Å². The second kappa shape index (κ2) is 5.64. The molecule has 0 bridgehead atoms. The molecule has 4 heteroatoms. The van der Waals surface area contributed by atoms with Crippen molar-refractivity contribution in [3.63, 3.8) is 0 Å². The maximum absolute atomic E-state index is 5.52. The van der Waals surface area contributed by atoms with Gasteiger partial charge in [0, 0.05) is 29.8 Å². The Morgan fingerprint density at radius 3 is 2.75 bits per heavy atom. The second-order valence-electron chi connectivity index (χ2n) is 4.59. The first-order chi connectivity index (χ1) is 7.78. The lowest BCUT2D eigenvalue weighted by molar-refractivity contribution is 0.394. The first-order valence-corrected chi connectivity index (χ1v) is 6.83. The standard InChI is InChI=1S/C12H19N3S/c1-9-3-2-4-11(5-9)16-12-14-7-10(6-13)8-15-12/h7-9,11H,2-6,13H2,1H3. The molecular formula is C12H19N3S. The Balaban J connectivity index is 1.92. The van der Waals surface area contributed by atoms with Crippen molar-refractivity contribution in [3.8, 4) is 0 Å². The van der Waals surface area contributed by atoms with E-state index in [1.807, 2.05) is 24.2 Å². The van der Waals surface area contributed by atoms with Crippen molar-refractivity contribution >= 4 is 11.8 Å². The summed E-state index contributed by atoms with van der Waals surface area (Å²) in [5, 5.41) is 1.60. The van der Waals surface area contributed by atoms with Gasteiger partial charge in [0.25, 0.3) is 0 Å². The molecule has 1 aliphatic carbocycles. The van der Waals surface area contributed by atoms with Crippen molar-refractivity contribution in [2.24, 2.45) is 11.7 Å². The SMILES string of the molecule is CC1CCCC(Sc2ncc(CN)cn2)C1. The zero-order valence-corrected chi connectivity index (χ0v) is 10.5. The third-order valence-corrected chi connectivity index (χ3v) is 4.26. The Hall–Kier alpha value is -0.610. The zero-order valence-electron chi connectivity index (χ0n) is 9.72. The molecule has 1 saturated carbocycles. The van der Waals surface area contributed by atoms with E-state index >= 15 is 0 Å². The Labute approximate surface area is 101 Å². The van der Waals surface area contributed by atoms with Gasteiger partial charge in [-0.1, -0.05) is 31.5 Å². The number of hydrogen-bond donors (Lipinski definition) is 1. The van der Waals surface area contributed by atoms with E-state index in [9.17, 15) is 0 Å². The molecule has 2 rings (SSSR count). The number of nitrogens with zero attached hydrogens (tertiary/aromatic N) is 2. The molecule has 0 aromatic carbocycles. The quantitative estimate of drug-likeness (QED) is 0.821. The predicted octanol–water partition coefficient (Wildman–Crippen LogP) is 2.61. The third kappa shape index (κ3) is 3.19. The fourth-order valence-corrected chi connectivity index (χ4v) is 3.38. The molecule has 88 valence electrons. The van der Waals surface area contributed by atoms with Gasteiger partial charge >= 0.3 is 0 Å². The molecule has 1 heterocycles. The molecule has 0 aliphatic heterocycles. The molecule has 2 atom stereocenters. The lowest BCUT2D eigenvalue weighted by Crippen LogP contribution is -2.15. The monoisotopic (exact) mass is 237 g/mol. The molecule has 16 heavy (non-hydrogen) atoms. The number of aromatic nitrogens is 2. The molecule has 2 unspecified atom stereocenters. The van der Waals surface area contributed by atoms with Crippen LogP contribution in [0.5, 0.6) is 0 Å². The van der Waals surface area contributed by atoms with Gasteiger partial charge in [-0.05, 0) is 18.8 Å². The molecule has 1 aliphatic rings. The summed E-state index contributed by atoms with van der Waals surface area (Å²) in [5.74, 6) is 0.856. The summed E-state index contributed by atoms with van der Waals surface area (Å²) >= 11 is 1.82. The molecule has 0 amide bonds. The van der Waals surface area contributed by atoms with Crippen LogP contribution in [0.25, 0.3) is 0 Å². The van der Waals surface area contributed by atoms with Crippen LogP contribution in [0.3, 0.4) is 0 Å². The van der Waals surface area contributed by atoms with E-state index in [2.05, 4.69) is 16.9 Å². The highest BCUT2D eigenvalue weighted by Gasteiger charge is 2.20. The molecule has 1 aromatic heterocycles. The smallest absolute Gasteiger partial charge is 0.187 e. The summed E-state index contributed by atoms with van der Waals surface area (Å²) in [6.45, 7) is 2.86. The van der Waals surface area contributed by atoms with E-state index in [4.69, 9.17) is 5.73 Å². The summed E-state index contributed by atoms with van der Waals surface area (Å²) in [6, 6.07) is 0. The minimum atomic E-state index is 0.519. The van der Waals surface area contributed by atoms with E-state index in [1.165, 1.54) is 25.7 Å². The first-order valence-electron chi connectivity index (χ1n) is 5.95. The van der Waals surface area contributed by atoms with Gasteiger partial charge in [-0.25, -0.2) is 9.97 Å². The minimum absolute atomic E-state index is 0.519. The number of hydrogen-bond acceptors (Lipinski definition) is 4. The summed E-state index contributed by atoms with van der Waals surface area (Å²) in [5.41, 5.74) is 6.52. The number of rotatable bonds is 3. The lowest BCUT2D eigenvalue weighted by atomic mass is 9.91. The summed E-state index contributed by atoms with van der Waals surface area (Å²) in [7, 11) is 0. The highest BCUT2D eigenvalue weighted by Crippen LogP contribution is 2.34. The summed E-state index contributed by atoms with van der Waals surface area (Å²) in [6.07, 6.45) is 9.00. The van der Waals surface area contributed by atoms with Gasteiger partial charge in [-0.2, -0.15) is 0 Å². The van der Waals surface area contributed by atoms with E-state index < -0.39 is 0 Å². The average molecular weight is 237 g/mol. The Kier molecular flexibility index (Phi) is 4.18. The van der Waals surface area contributed by atoms with Gasteiger partial charge in [0.15, 0.2) is 5.16 Å². The molecule has 0 radical (unpaired) electrons. The Morgan fingerprint density at radius 2 is 2.12 bits per heavy atom. The lowest BCUT2D eigenvalue weighted by Gasteiger charge is -2.25. The van der Waals surface area contributed by atoms with Crippen LogP contribution in [0.2, 0.25) is 0 Å². The van der Waals surface area contributed by atoms with Crippen molar-refractivity contribution in [2.45, 2.75) is 49.6 Å². The van der Waals surface area contributed by atoms with E-state index in [-0.39, 0.29) is 0 Å². The van der Waals surface area contributed by atoms with Gasteiger partial charge in [-0.3, -0.25) is 0 Å². The molecular weight excluding hydrogens is 218 g/mol. The minimum Gasteiger partial charge on any atom is -0.326 e. The largest absolute Gasteiger partial charge is 0.326 e. The van der Waals surface area contributed by atoms with E-state index in [0.717, 1.165) is 16.6 Å². The summed E-state index contributed by atoms with van der Waals surface area (Å²) in [4.78, 5) is 8.68. The Bertz CT molecular complexity index is 326. The van der Waals surface area contributed by atoms with Crippen molar-refractivity contribution in [3.05, 3.63) is 18.0 Å². The van der Waals surface area contributed by atoms with E-state index in [1.54, 1.807) is 0 Å². The van der Waals surface area contributed by atoms with Crippen molar-refractivity contribution in [1.82, 2.24) is 9.97 Å². The Morgan fingerprint density at radius 1 is 1.38 bits per heavy atom. The van der Waals surface area contributed by atoms with Crippen molar-refractivity contribution in [2.75, 3.05) is 0 Å². The third-order valence-electron chi connectivity index (χ3n) is 3.08. The molecule has 3 nitrogen and oxygen atoms in total. The van der Waals surface area contributed by atoms with E-state index in [0.29, 0.717) is 11.8 Å². The van der Waals surface area contributed by atoms with Crippen LogP contribution >= 0.6 is 11.8 Å². The van der Waals surface area contributed by atoms with Crippen molar-refractivity contribution < 1.29 is 0 Å². The maximum Gasteiger partial charge on any atom is 0.187 e. The van der Waals surface area contributed by atoms with Gasteiger partial charge in [0.1, 0.15) is 0 Å². The topological polar surface area (TPSA) is 51.8 Å². The molecule has 0 saturated heterocycles. The first kappa shape index (κ1) is 11.9. The van der Waals surface area contributed by atoms with Gasteiger partial charge in [0.2, 0.25) is 0 Å². The fraction of sp³-hybridized carbons (Fsp3) is 0.667. The van der Waals surface area contributed by atoms with Crippen LogP contribution in [0.4, 0.5) is 0 Å². The number of thioether (sulfide) groups is 1. The highest BCUT2D eigenvalue weighted by molar-refractivity contribution is 7.99. The highest BCUT2D eigenvalue weighted by atomic mass is 32.2. The zero-order chi connectivity index (χ0) is 11.4. The van der Waals surface area contributed by atoms with Gasteiger partial charge < -0.3 is 5.73 Å². The van der Waals surface area contributed by atoms with Crippen LogP contribution in [0.15, 0.2) is 17.6 Å². The summed E-state index contributed by atoms with van der Waals surface area (Å²) < 4.78 is 0. The predicted molar refractivity (Wildman–Crippen MR) is 67.2 cm³/mol. The van der Waals surface area contributed by atoms with Gasteiger partial charge in [0.05, 0.1) is 0 Å².